The maximum atomic E-state index is 12.1. The van der Waals surface area contributed by atoms with E-state index in [0.29, 0.717) is 5.76 Å². The molecule has 1 amide bonds. The number of carbonyl (C=O) groups excluding carboxylic acids is 1. The molecule has 0 spiro atoms. The summed E-state index contributed by atoms with van der Waals surface area (Å²) in [5, 5.41) is 20.8. The lowest BCUT2D eigenvalue weighted by molar-refractivity contribution is -0.385. The van der Waals surface area contributed by atoms with Gasteiger partial charge in [-0.05, 0) is 12.1 Å². The number of furan rings is 1. The summed E-state index contributed by atoms with van der Waals surface area (Å²) in [5.74, 6) is -0.522. The van der Waals surface area contributed by atoms with Crippen molar-refractivity contribution in [2.24, 2.45) is 5.73 Å². The van der Waals surface area contributed by atoms with Crippen molar-refractivity contribution in [1.82, 2.24) is 4.57 Å². The lowest BCUT2D eigenvalue weighted by Crippen LogP contribution is -2.34. The zero-order valence-electron chi connectivity index (χ0n) is 12.5. The van der Waals surface area contributed by atoms with E-state index in [1.165, 1.54) is 6.26 Å². The number of amides is 1. The molecular weight excluding hydrogens is 322 g/mol. The number of aliphatic hydroxyl groups is 1. The minimum Gasteiger partial charge on any atom is -0.467 e. The van der Waals surface area contributed by atoms with Gasteiger partial charge in [-0.1, -0.05) is 0 Å². The number of ether oxygens (including phenoxy) is 1. The molecule has 2 rings (SSSR count). The van der Waals surface area contributed by atoms with Crippen LogP contribution in [-0.2, 0) is 17.9 Å². The molecule has 128 valence electrons. The monoisotopic (exact) mass is 337 g/mol. The fraction of sp³-hybridized carbons (Fsp3) is 0.286. The summed E-state index contributed by atoms with van der Waals surface area (Å²) in [6.45, 7) is -0.304. The summed E-state index contributed by atoms with van der Waals surface area (Å²) in [7, 11) is 0. The second kappa shape index (κ2) is 7.53. The molecule has 1 atom stereocenters. The summed E-state index contributed by atoms with van der Waals surface area (Å²) in [5.41, 5.74) is 3.22. The number of hydrogen-bond acceptors (Lipinski definition) is 7. The number of hydrogen-bond donors (Lipinski definition) is 2. The highest BCUT2D eigenvalue weighted by atomic mass is 16.6. The second-order valence-corrected chi connectivity index (χ2v) is 4.94. The van der Waals surface area contributed by atoms with Crippen molar-refractivity contribution < 1.29 is 24.0 Å². The molecule has 10 heteroatoms. The van der Waals surface area contributed by atoms with Crippen LogP contribution in [0.1, 0.15) is 16.1 Å². The van der Waals surface area contributed by atoms with Crippen LogP contribution in [0.4, 0.5) is 5.69 Å². The van der Waals surface area contributed by atoms with E-state index >= 15 is 0 Å². The van der Waals surface area contributed by atoms with Crippen LogP contribution in [0.5, 0.6) is 0 Å². The number of nitro groups is 1. The molecule has 0 bridgehead atoms. The van der Waals surface area contributed by atoms with Crippen molar-refractivity contribution in [3.05, 3.63) is 62.5 Å². The number of nitrogens with zero attached hydrogens (tertiary/aromatic N) is 2. The molecule has 0 aliphatic carbocycles. The van der Waals surface area contributed by atoms with Crippen molar-refractivity contribution in [2.75, 3.05) is 6.61 Å². The van der Waals surface area contributed by atoms with Gasteiger partial charge >= 0.3 is 0 Å². The highest BCUT2D eigenvalue weighted by Crippen LogP contribution is 2.11. The van der Waals surface area contributed by atoms with Gasteiger partial charge in [0.25, 0.3) is 17.2 Å². The van der Waals surface area contributed by atoms with E-state index in [0.717, 1.165) is 16.8 Å². The molecule has 0 saturated carbocycles. The molecule has 10 nitrogen and oxygen atoms in total. The molecule has 0 aliphatic heterocycles. The van der Waals surface area contributed by atoms with Crippen LogP contribution in [0.15, 0.2) is 39.9 Å². The molecule has 3 N–H and O–H groups in total. The summed E-state index contributed by atoms with van der Waals surface area (Å²) in [4.78, 5) is 33.4. The lowest BCUT2D eigenvalue weighted by atomic mass is 10.2. The van der Waals surface area contributed by atoms with Gasteiger partial charge in [0, 0.05) is 6.07 Å². The summed E-state index contributed by atoms with van der Waals surface area (Å²) in [6, 6.07) is 4.18. The Kier molecular flexibility index (Phi) is 5.45. The molecule has 2 aromatic heterocycles. The molecule has 0 aliphatic rings. The zero-order chi connectivity index (χ0) is 17.7. The van der Waals surface area contributed by atoms with Crippen molar-refractivity contribution >= 4 is 11.6 Å². The highest BCUT2D eigenvalue weighted by molar-refractivity contribution is 5.92. The number of carbonyl (C=O) groups is 1. The topological polar surface area (TPSA) is 151 Å². The van der Waals surface area contributed by atoms with Gasteiger partial charge in [-0.2, -0.15) is 0 Å². The first-order valence-electron chi connectivity index (χ1n) is 6.85. The van der Waals surface area contributed by atoms with E-state index in [4.69, 9.17) is 14.9 Å². The Morgan fingerprint density at radius 2 is 2.29 bits per heavy atom. The minimum atomic E-state index is -1.12. The minimum absolute atomic E-state index is 0.125. The van der Waals surface area contributed by atoms with Gasteiger partial charge in [-0.3, -0.25) is 19.7 Å². The molecule has 1 unspecified atom stereocenters. The average Bonchev–Trinajstić information content (AvgIpc) is 3.02. The van der Waals surface area contributed by atoms with Crippen molar-refractivity contribution in [2.45, 2.75) is 19.3 Å². The van der Waals surface area contributed by atoms with Crippen LogP contribution < -0.4 is 11.3 Å². The van der Waals surface area contributed by atoms with Gasteiger partial charge in [-0.15, -0.1) is 0 Å². The van der Waals surface area contributed by atoms with Gasteiger partial charge in [0.15, 0.2) is 0 Å². The quantitative estimate of drug-likeness (QED) is 0.509. The fourth-order valence-corrected chi connectivity index (χ4v) is 2.00. The van der Waals surface area contributed by atoms with E-state index in [1.807, 2.05) is 0 Å². The number of nitrogens with two attached hydrogens (primary N) is 1. The molecule has 0 radical (unpaired) electrons. The van der Waals surface area contributed by atoms with E-state index in [9.17, 15) is 24.8 Å². The normalized spacial score (nSPS) is 12.0. The second-order valence-electron chi connectivity index (χ2n) is 4.94. The van der Waals surface area contributed by atoms with Gasteiger partial charge < -0.3 is 24.6 Å². The van der Waals surface area contributed by atoms with Crippen molar-refractivity contribution in [3.63, 3.8) is 0 Å². The SMILES string of the molecule is NC(=O)c1cc([N+](=O)[O-])cn(CC(O)COCc2ccco2)c1=O. The standard InChI is InChI=1S/C14H15N3O7/c15-13(19)12-4-9(17(21)22)5-16(14(12)20)6-10(18)7-23-8-11-2-1-3-24-11/h1-5,10,18H,6-8H2,(H2,15,19). The Morgan fingerprint density at radius 1 is 1.54 bits per heavy atom. The average molecular weight is 337 g/mol. The Balaban J connectivity index is 2.08. The Labute approximate surface area is 135 Å². The first-order chi connectivity index (χ1) is 11.4. The number of rotatable bonds is 8. The number of aromatic nitrogens is 1. The first-order valence-corrected chi connectivity index (χ1v) is 6.85. The highest BCUT2D eigenvalue weighted by Gasteiger charge is 2.19. The zero-order valence-corrected chi connectivity index (χ0v) is 12.5. The maximum absolute atomic E-state index is 12.1. The number of aliphatic hydroxyl groups excluding tert-OH is 1. The molecule has 24 heavy (non-hydrogen) atoms. The van der Waals surface area contributed by atoms with Gasteiger partial charge in [0.2, 0.25) is 0 Å². The predicted molar refractivity (Wildman–Crippen MR) is 80.2 cm³/mol. The van der Waals surface area contributed by atoms with Gasteiger partial charge in [0.05, 0.1) is 36.6 Å². The molecule has 0 fully saturated rings. The van der Waals surface area contributed by atoms with E-state index in [2.05, 4.69) is 0 Å². The molecule has 2 aromatic rings. The number of primary amides is 1. The van der Waals surface area contributed by atoms with Crippen LogP contribution in [0.2, 0.25) is 0 Å². The molecular formula is C14H15N3O7. The summed E-state index contributed by atoms with van der Waals surface area (Å²) < 4.78 is 11.1. The lowest BCUT2D eigenvalue weighted by Gasteiger charge is -2.13. The predicted octanol–water partition coefficient (Wildman–Crippen LogP) is 0.0261. The maximum Gasteiger partial charge on any atom is 0.286 e. The summed E-state index contributed by atoms with van der Waals surface area (Å²) >= 11 is 0. The third kappa shape index (κ3) is 4.27. The van der Waals surface area contributed by atoms with Gasteiger partial charge in [0.1, 0.15) is 17.9 Å². The Bertz CT molecular complexity index is 782. The van der Waals surface area contributed by atoms with Crippen molar-refractivity contribution in [1.29, 1.82) is 0 Å². The van der Waals surface area contributed by atoms with E-state index < -0.39 is 33.7 Å². The molecule has 0 saturated heterocycles. The van der Waals surface area contributed by atoms with Crippen LogP contribution in [0.25, 0.3) is 0 Å². The molecule has 2 heterocycles. The van der Waals surface area contributed by atoms with Crippen LogP contribution in [0, 0.1) is 10.1 Å². The smallest absolute Gasteiger partial charge is 0.286 e. The van der Waals surface area contributed by atoms with Crippen molar-refractivity contribution in [3.8, 4) is 0 Å². The Morgan fingerprint density at radius 3 is 2.88 bits per heavy atom. The third-order valence-corrected chi connectivity index (χ3v) is 3.09. The van der Waals surface area contributed by atoms with Crippen LogP contribution >= 0.6 is 0 Å². The molecule has 0 aromatic carbocycles. The number of pyridine rings is 1. The largest absolute Gasteiger partial charge is 0.467 e. The van der Waals surface area contributed by atoms with Gasteiger partial charge in [-0.25, -0.2) is 0 Å². The van der Waals surface area contributed by atoms with E-state index in [-0.39, 0.29) is 19.8 Å². The van der Waals surface area contributed by atoms with Crippen LogP contribution in [0.3, 0.4) is 0 Å². The third-order valence-electron chi connectivity index (χ3n) is 3.09. The Hall–Kier alpha value is -2.98. The summed E-state index contributed by atoms with van der Waals surface area (Å²) in [6.07, 6.45) is 1.29. The van der Waals surface area contributed by atoms with Crippen LogP contribution in [-0.4, -0.2) is 33.2 Å². The fourth-order valence-electron chi connectivity index (χ4n) is 2.00. The first kappa shape index (κ1) is 17.4. The van der Waals surface area contributed by atoms with E-state index in [1.54, 1.807) is 12.1 Å².